The lowest BCUT2D eigenvalue weighted by Crippen LogP contribution is -2.56. The summed E-state index contributed by atoms with van der Waals surface area (Å²) in [6.07, 6.45) is 14.4. The Kier molecular flexibility index (Phi) is 24.2. The highest BCUT2D eigenvalue weighted by molar-refractivity contribution is 7.12. The lowest BCUT2D eigenvalue weighted by molar-refractivity contribution is -0.142. The van der Waals surface area contributed by atoms with E-state index in [-0.39, 0.29) is 30.8 Å². The molecule has 58 heavy (non-hydrogen) atoms. The first kappa shape index (κ1) is 49.8. The minimum atomic E-state index is -0.969. The Bertz CT molecular complexity index is 1550. The van der Waals surface area contributed by atoms with Crippen molar-refractivity contribution < 1.29 is 28.8 Å². The van der Waals surface area contributed by atoms with Crippen molar-refractivity contribution in [1.29, 1.82) is 0 Å². The molecule has 12 heteroatoms. The maximum absolute atomic E-state index is 13.3. The van der Waals surface area contributed by atoms with Crippen LogP contribution in [0.25, 0.3) is 0 Å². The Morgan fingerprint density at radius 3 is 2.00 bits per heavy atom. The van der Waals surface area contributed by atoms with E-state index in [1.54, 1.807) is 28.6 Å². The van der Waals surface area contributed by atoms with Crippen LogP contribution in [0.2, 0.25) is 0 Å². The average Bonchev–Trinajstić information content (AvgIpc) is 4.07. The summed E-state index contributed by atoms with van der Waals surface area (Å²) < 4.78 is 0. The van der Waals surface area contributed by atoms with Crippen molar-refractivity contribution in [2.75, 3.05) is 19.6 Å². The molecule has 3 unspecified atom stereocenters. The fourth-order valence-corrected chi connectivity index (χ4v) is 8.31. The monoisotopic (exact) mass is 822 g/mol. The predicted molar refractivity (Wildman–Crippen MR) is 235 cm³/mol. The number of nitrogens with one attached hydrogen (secondary N) is 4. The number of carbonyl (C=O) groups is 6. The molecule has 3 atom stereocenters. The molecule has 5 amide bonds. The quantitative estimate of drug-likeness (QED) is 0.116. The molecule has 0 spiro atoms. The number of Topliss-reactive ketones (excluding diaryl/α,β-unsaturated/α-hetero) is 1. The Labute approximate surface area is 352 Å². The summed E-state index contributed by atoms with van der Waals surface area (Å²) in [7, 11) is 0. The first-order chi connectivity index (χ1) is 28.2. The molecule has 11 nitrogen and oxygen atoms in total. The molecule has 1 aromatic carbocycles. The van der Waals surface area contributed by atoms with Gasteiger partial charge in [0, 0.05) is 13.1 Å². The van der Waals surface area contributed by atoms with E-state index in [0.717, 1.165) is 51.4 Å². The van der Waals surface area contributed by atoms with E-state index in [0.29, 0.717) is 30.7 Å². The highest BCUT2D eigenvalue weighted by Crippen LogP contribution is 2.31. The van der Waals surface area contributed by atoms with Crippen molar-refractivity contribution in [3.8, 4) is 0 Å². The number of nitrogens with zero attached hydrogens (tertiary/aromatic N) is 1. The van der Waals surface area contributed by atoms with Crippen molar-refractivity contribution in [3.05, 3.63) is 70.4 Å². The van der Waals surface area contributed by atoms with E-state index in [4.69, 9.17) is 0 Å². The van der Waals surface area contributed by atoms with Gasteiger partial charge in [-0.05, 0) is 85.8 Å². The zero-order chi connectivity index (χ0) is 42.9. The van der Waals surface area contributed by atoms with Crippen LogP contribution in [0.4, 0.5) is 0 Å². The molecule has 0 bridgehead atoms. The number of fused-ring (bicyclic) bond motifs is 1. The van der Waals surface area contributed by atoms with Gasteiger partial charge in [0.1, 0.15) is 12.1 Å². The maximum Gasteiger partial charge on any atom is 0.289 e. The third kappa shape index (κ3) is 15.5. The second-order valence-corrected chi connectivity index (χ2v) is 15.3. The number of thiophene rings is 1. The Morgan fingerprint density at radius 2 is 1.43 bits per heavy atom. The Hall–Kier alpha value is -4.32. The molecule has 1 saturated heterocycles. The van der Waals surface area contributed by atoms with E-state index in [1.807, 2.05) is 41.5 Å². The molecule has 2 saturated carbocycles. The molecular formula is C46H71N5O6S. The van der Waals surface area contributed by atoms with E-state index in [9.17, 15) is 28.8 Å². The number of likely N-dealkylation sites (tertiary alicyclic amines) is 1. The van der Waals surface area contributed by atoms with Crippen LogP contribution < -0.4 is 21.3 Å². The van der Waals surface area contributed by atoms with Gasteiger partial charge in [-0.15, -0.1) is 17.9 Å². The first-order valence-corrected chi connectivity index (χ1v) is 22.8. The standard InChI is InChI=1S/C31H43N5O6S.C9H10.3C2H6/c1-2-15-32-31(42)27(38)22(18-20-9-6-10-20)34-28(39)23-13-7-16-36(23)25(37)19-33-30(41)26(21-11-4-3-5-12-21)35-29(40)24-14-8-17-43-24;1-2-5-9-7-3-6-8(9)4-1;3*1-2/h2,8,14,17,20-23,26H,1,3-7,9-13,15-16,18-19H2,(H,32,42)(H,33,41)(H,34,39)(H,35,40);1-2,4-5H,3,6-7H2;3*1-2H3. The highest BCUT2D eigenvalue weighted by Gasteiger charge is 2.39. The third-order valence-corrected chi connectivity index (χ3v) is 11.7. The van der Waals surface area contributed by atoms with Crippen molar-refractivity contribution in [2.24, 2.45) is 11.8 Å². The van der Waals surface area contributed by atoms with Crippen LogP contribution in [0.3, 0.4) is 0 Å². The normalized spacial score (nSPS) is 17.8. The molecule has 2 aromatic rings. The van der Waals surface area contributed by atoms with Crippen LogP contribution in [0.15, 0.2) is 54.4 Å². The fourth-order valence-electron chi connectivity index (χ4n) is 7.68. The van der Waals surface area contributed by atoms with Crippen LogP contribution in [-0.2, 0) is 36.8 Å². The lowest BCUT2D eigenvalue weighted by atomic mass is 9.80. The number of hydrogen-bond donors (Lipinski definition) is 4. The number of aryl methyl sites for hydroxylation is 2. The van der Waals surface area contributed by atoms with Crippen LogP contribution >= 0.6 is 11.3 Å². The maximum atomic E-state index is 13.3. The smallest absolute Gasteiger partial charge is 0.289 e. The van der Waals surface area contributed by atoms with Gasteiger partial charge in [-0.3, -0.25) is 28.8 Å². The first-order valence-electron chi connectivity index (χ1n) is 22.0. The van der Waals surface area contributed by atoms with Crippen molar-refractivity contribution in [1.82, 2.24) is 26.2 Å². The van der Waals surface area contributed by atoms with Gasteiger partial charge in [-0.2, -0.15) is 0 Å². The summed E-state index contributed by atoms with van der Waals surface area (Å²) in [5.74, 6) is -2.86. The van der Waals surface area contributed by atoms with Gasteiger partial charge >= 0.3 is 0 Å². The largest absolute Gasteiger partial charge is 0.346 e. The lowest BCUT2D eigenvalue weighted by Gasteiger charge is -2.31. The minimum Gasteiger partial charge on any atom is -0.346 e. The summed E-state index contributed by atoms with van der Waals surface area (Å²) >= 11 is 1.30. The highest BCUT2D eigenvalue weighted by atomic mass is 32.1. The summed E-state index contributed by atoms with van der Waals surface area (Å²) in [6.45, 7) is 15.7. The Morgan fingerprint density at radius 1 is 0.776 bits per heavy atom. The summed E-state index contributed by atoms with van der Waals surface area (Å²) in [6, 6.07) is 9.69. The van der Waals surface area contributed by atoms with Gasteiger partial charge in [-0.1, -0.05) is 116 Å². The molecule has 3 aliphatic carbocycles. The number of rotatable bonds is 14. The Balaban J connectivity index is 0.000000654. The molecule has 3 fully saturated rings. The van der Waals surface area contributed by atoms with E-state index < -0.39 is 47.5 Å². The predicted octanol–water partition coefficient (Wildman–Crippen LogP) is 7.33. The second kappa shape index (κ2) is 28.2. The zero-order valence-corrected chi connectivity index (χ0v) is 36.9. The van der Waals surface area contributed by atoms with Crippen molar-refractivity contribution in [3.63, 3.8) is 0 Å². The summed E-state index contributed by atoms with van der Waals surface area (Å²) in [4.78, 5) is 79.9. The molecular weight excluding hydrogens is 751 g/mol. The van der Waals surface area contributed by atoms with Crippen LogP contribution in [0.1, 0.15) is 139 Å². The van der Waals surface area contributed by atoms with Crippen molar-refractivity contribution >= 4 is 46.7 Å². The van der Waals surface area contributed by atoms with Crippen molar-refractivity contribution in [2.45, 2.75) is 150 Å². The van der Waals surface area contributed by atoms with Gasteiger partial charge in [0.25, 0.3) is 11.8 Å². The van der Waals surface area contributed by atoms with Gasteiger partial charge < -0.3 is 26.2 Å². The summed E-state index contributed by atoms with van der Waals surface area (Å²) in [5, 5.41) is 12.6. The topological polar surface area (TPSA) is 154 Å². The average molecular weight is 822 g/mol. The number of benzene rings is 1. The molecule has 1 aromatic heterocycles. The third-order valence-electron chi connectivity index (χ3n) is 10.8. The minimum absolute atomic E-state index is 0.0214. The van der Waals surface area contributed by atoms with Crippen LogP contribution in [0.5, 0.6) is 0 Å². The molecule has 6 rings (SSSR count). The van der Waals surface area contributed by atoms with Gasteiger partial charge in [0.15, 0.2) is 0 Å². The molecule has 4 N–H and O–H groups in total. The van der Waals surface area contributed by atoms with Gasteiger partial charge in [0.05, 0.1) is 17.5 Å². The van der Waals surface area contributed by atoms with E-state index in [2.05, 4.69) is 52.1 Å². The molecule has 0 radical (unpaired) electrons. The van der Waals surface area contributed by atoms with E-state index >= 15 is 0 Å². The van der Waals surface area contributed by atoms with E-state index in [1.165, 1.54) is 41.6 Å². The second-order valence-electron chi connectivity index (χ2n) is 14.4. The number of carbonyl (C=O) groups excluding carboxylic acids is 6. The number of amides is 5. The van der Waals surface area contributed by atoms with Crippen LogP contribution in [0, 0.1) is 11.8 Å². The molecule has 4 aliphatic rings. The molecule has 2 heterocycles. The SMILES string of the molecule is C=CCNC(=O)C(=O)C(CC1CCC1)NC(=O)C1CCCN1C(=O)CNC(=O)C(NC(=O)c1cccs1)C1CCCCC1.CC.CC.CC.c1ccc2c(c1)CCC2. The van der Waals surface area contributed by atoms with Gasteiger partial charge in [-0.25, -0.2) is 0 Å². The zero-order valence-electron chi connectivity index (χ0n) is 36.0. The fraction of sp³-hybridized carbons (Fsp3) is 0.609. The summed E-state index contributed by atoms with van der Waals surface area (Å²) in [5.41, 5.74) is 3.13. The number of hydrogen-bond acceptors (Lipinski definition) is 7. The molecule has 1 aliphatic heterocycles. The van der Waals surface area contributed by atoms with Gasteiger partial charge in [0.2, 0.25) is 23.5 Å². The van der Waals surface area contributed by atoms with Crippen LogP contribution in [-0.4, -0.2) is 78.0 Å². The molecule has 322 valence electrons. The number of ketones is 1.